The monoisotopic (exact) mass is 1610 g/mol. The van der Waals surface area contributed by atoms with Gasteiger partial charge in [-0.15, -0.1) is 9.05 Å². The largest absolute Gasteiger partial charge is 0.697 e. The normalized spacial score (nSPS) is 14.3. The number of hydrogen-bond acceptors (Lipinski definition) is 21. The number of nitriles is 1. The molecule has 29 heteroatoms. The molecule has 0 aliphatic rings. The summed E-state index contributed by atoms with van der Waals surface area (Å²) in [7, 11) is -3.81. The molecular formula is C76H166N6O18P5+. The van der Waals surface area contributed by atoms with Gasteiger partial charge in [-0.2, -0.15) is 5.26 Å². The summed E-state index contributed by atoms with van der Waals surface area (Å²) in [4.78, 5) is 34.8. The Hall–Kier alpha value is -0.210. The third-order valence-electron chi connectivity index (χ3n) is 18.3. The van der Waals surface area contributed by atoms with Crippen LogP contribution in [0.15, 0.2) is 0 Å². The molecule has 105 heavy (non-hydrogen) atoms. The zero-order chi connectivity index (χ0) is 79.5. The third kappa shape index (κ3) is 65.9. The van der Waals surface area contributed by atoms with Crippen molar-refractivity contribution in [1.82, 2.24) is 14.7 Å². The molecule has 24 nitrogen and oxygen atoms in total. The van der Waals surface area contributed by atoms with Gasteiger partial charge in [0.05, 0.1) is 26.4 Å². The summed E-state index contributed by atoms with van der Waals surface area (Å²) in [6.45, 7) is 12.2. The number of nitrogens with zero attached hydrogens (tertiary/aromatic N) is 4. The van der Waals surface area contributed by atoms with Gasteiger partial charge in [0.25, 0.3) is 0 Å². The maximum Gasteiger partial charge on any atom is 0.697 e. The minimum Gasteiger partial charge on any atom is -0.381 e. The van der Waals surface area contributed by atoms with Crippen LogP contribution >= 0.6 is 38.6 Å². The van der Waals surface area contributed by atoms with Crippen LogP contribution in [0.4, 0.5) is 0 Å². The molecule has 5 atom stereocenters. The van der Waals surface area contributed by atoms with E-state index in [2.05, 4.69) is 31.4 Å². The molecule has 7 N–H and O–H groups in total. The maximum absolute atomic E-state index is 13.6. The van der Waals surface area contributed by atoms with Crippen LogP contribution in [0.3, 0.4) is 0 Å². The zero-order valence-electron chi connectivity index (χ0n) is 69.6. The van der Waals surface area contributed by atoms with Gasteiger partial charge in [-0.05, 0) is 80.8 Å². The Morgan fingerprint density at radius 2 is 0.619 bits per heavy atom. The van der Waals surface area contributed by atoms with Crippen LogP contribution in [0.5, 0.6) is 0 Å². The van der Waals surface area contributed by atoms with Crippen LogP contribution in [-0.2, 0) is 68.7 Å². The maximum atomic E-state index is 13.6. The Morgan fingerprint density at radius 1 is 0.362 bits per heavy atom. The lowest BCUT2D eigenvalue weighted by Gasteiger charge is -2.38. The highest BCUT2D eigenvalue weighted by Gasteiger charge is 2.62. The Balaban J connectivity index is -0.000000707. The number of ether oxygens (including phenoxy) is 3. The molecule has 0 saturated carbocycles. The topological polar surface area (TPSA) is 324 Å². The number of hydrogen-bond donors (Lipinski definition) is 5. The highest BCUT2D eigenvalue weighted by atomic mass is 31.2. The average Bonchev–Trinajstić information content (AvgIpc) is 0.760. The van der Waals surface area contributed by atoms with E-state index in [1.165, 1.54) is 272 Å². The molecule has 0 bridgehead atoms. The minimum atomic E-state index is -5.08. The zero-order valence-corrected chi connectivity index (χ0v) is 74.0. The molecule has 0 rings (SSSR count). The SMILES string of the molecule is CCCCCCCCCCCCCCCCOCCCOP(=O)(O)C(N)(CCN(C)C)P(=O)(O)O.CCCCCCCCCCCCCCCCOCCCOP(=O)(OC)C(N)(CCN(C)C)P(=O)(OC)OC.CCCCCCCCCCCCCCCCOCCCO[P+](=O)OC.CN(C)CCC#N. The van der Waals surface area contributed by atoms with Crippen molar-refractivity contribution >= 4 is 38.6 Å². The number of unbranched alkanes of at least 4 members (excludes halogenated alkanes) is 39. The molecule has 0 radical (unpaired) electrons. The molecule has 0 saturated heterocycles. The average molecular weight is 1610 g/mol. The van der Waals surface area contributed by atoms with Gasteiger partial charge in [-0.3, -0.25) is 18.3 Å². The predicted octanol–water partition coefficient (Wildman–Crippen LogP) is 21.3. The van der Waals surface area contributed by atoms with E-state index < -0.39 is 48.7 Å². The van der Waals surface area contributed by atoms with E-state index in [9.17, 15) is 37.5 Å². The first-order valence-corrected chi connectivity index (χ1v) is 48.4. The first kappa shape index (κ1) is 111. The fourth-order valence-electron chi connectivity index (χ4n) is 11.3. The second-order valence-corrected chi connectivity index (χ2v) is 39.5. The molecule has 0 aliphatic heterocycles. The van der Waals surface area contributed by atoms with Crippen molar-refractivity contribution in [2.24, 2.45) is 11.5 Å². The van der Waals surface area contributed by atoms with Crippen molar-refractivity contribution in [3.63, 3.8) is 0 Å². The summed E-state index contributed by atoms with van der Waals surface area (Å²) in [5.74, 6) is 0. The lowest BCUT2D eigenvalue weighted by molar-refractivity contribution is 0.110. The van der Waals surface area contributed by atoms with E-state index in [-0.39, 0.29) is 32.6 Å². The summed E-state index contributed by atoms with van der Waals surface area (Å²) in [6, 6.07) is 2.06. The van der Waals surface area contributed by atoms with Crippen LogP contribution in [-0.4, -0.2) is 189 Å². The van der Waals surface area contributed by atoms with E-state index in [1.54, 1.807) is 19.0 Å². The lowest BCUT2D eigenvalue weighted by Crippen LogP contribution is -2.43. The Bertz CT molecular complexity index is 2120. The Morgan fingerprint density at radius 3 is 0.867 bits per heavy atom. The summed E-state index contributed by atoms with van der Waals surface area (Å²) < 4.78 is 114. The van der Waals surface area contributed by atoms with Crippen molar-refractivity contribution in [2.45, 2.75) is 339 Å². The van der Waals surface area contributed by atoms with Crippen molar-refractivity contribution in [3.8, 4) is 6.07 Å². The molecule has 0 aromatic heterocycles. The fourth-order valence-corrected chi connectivity index (χ4v) is 19.2. The first-order valence-electron chi connectivity index (χ1n) is 41.0. The lowest BCUT2D eigenvalue weighted by atomic mass is 10.0. The molecule has 0 aromatic rings. The van der Waals surface area contributed by atoms with Gasteiger partial charge < -0.3 is 77.7 Å². The van der Waals surface area contributed by atoms with Gasteiger partial charge in [0.1, 0.15) is 6.61 Å². The summed E-state index contributed by atoms with van der Waals surface area (Å²) >= 11 is 0. The standard InChI is InChI=1S/C27H60N2O7P2.C24H54N2O7P2.C20H42O4P.C5H10N2/c1-7-8-9-10-11-12-13-14-15-16-17-18-19-20-24-35-25-21-26-36-38(31,34-6)27(28,22-23-29(2)3)37(30,32-4)33-5;1-4-5-6-7-8-9-10-11-12-13-14-15-16-17-21-32-22-18-23-33-35(30,31)24(25,34(27,28)29)19-20-26(2)3;1-3-4-5-6-7-8-9-10-11-12-13-14-15-16-18-23-19-17-20-24-25(21)22-2;1-7(2)5-3-4-6/h7-26,28H2,1-6H3;4-23,25H2,1-3H3,(H,30,31)(H2,27,28,29);3-20H2,1-2H3;3,5H2,1-2H3/q;;+1;. The van der Waals surface area contributed by atoms with Gasteiger partial charge in [0.15, 0.2) is 0 Å². The highest BCUT2D eigenvalue weighted by Crippen LogP contribution is 2.76. The molecular weight excluding hydrogens is 1440 g/mol. The first-order chi connectivity index (χ1) is 50.2. The minimum absolute atomic E-state index is 0.0414. The van der Waals surface area contributed by atoms with Crippen molar-refractivity contribution in [2.75, 3.05) is 150 Å². The smallest absolute Gasteiger partial charge is 0.381 e. The molecule has 0 heterocycles. The second kappa shape index (κ2) is 77.7. The number of nitrogens with two attached hydrogens (primary N) is 2. The summed E-state index contributed by atoms with van der Waals surface area (Å²) in [6.07, 6.45) is 58.0. The van der Waals surface area contributed by atoms with E-state index in [4.69, 9.17) is 58.1 Å². The predicted molar refractivity (Wildman–Crippen MR) is 437 cm³/mol. The van der Waals surface area contributed by atoms with E-state index in [1.807, 2.05) is 38.0 Å². The molecule has 0 fully saturated rings. The van der Waals surface area contributed by atoms with Crippen molar-refractivity contribution in [1.29, 1.82) is 5.26 Å². The molecule has 632 valence electrons. The van der Waals surface area contributed by atoms with Gasteiger partial charge in [0.2, 0.25) is 10.0 Å². The highest BCUT2D eigenvalue weighted by molar-refractivity contribution is 7.74. The van der Waals surface area contributed by atoms with Crippen LogP contribution in [0.25, 0.3) is 0 Å². The quantitative estimate of drug-likeness (QED) is 0.0279. The molecule has 0 aromatic carbocycles. The van der Waals surface area contributed by atoms with Crippen molar-refractivity contribution in [3.05, 3.63) is 0 Å². The fraction of sp³-hybridized carbons (Fsp3) is 0.987. The van der Waals surface area contributed by atoms with E-state index >= 15 is 0 Å². The third-order valence-corrected chi connectivity index (χ3v) is 29.3. The van der Waals surface area contributed by atoms with Crippen LogP contribution in [0, 0.1) is 11.3 Å². The molecule has 5 unspecified atom stereocenters. The van der Waals surface area contributed by atoms with Gasteiger partial charge >= 0.3 is 38.6 Å². The summed E-state index contributed by atoms with van der Waals surface area (Å²) in [5, 5.41) is 3.48. The van der Waals surface area contributed by atoms with Crippen molar-refractivity contribution < 1.29 is 83.4 Å². The van der Waals surface area contributed by atoms with Crippen LogP contribution in [0.1, 0.15) is 329 Å². The second-order valence-electron chi connectivity index (χ2n) is 28.8. The van der Waals surface area contributed by atoms with E-state index in [0.29, 0.717) is 65.4 Å². The Labute approximate surface area is 645 Å². The Kier molecular flexibility index (Phi) is 82.2. The van der Waals surface area contributed by atoms with Gasteiger partial charge in [-0.1, -0.05) is 271 Å². The molecule has 0 aliphatic carbocycles. The van der Waals surface area contributed by atoms with Gasteiger partial charge in [-0.25, -0.2) is 0 Å². The van der Waals surface area contributed by atoms with E-state index in [0.717, 1.165) is 45.3 Å². The molecule has 0 amide bonds. The van der Waals surface area contributed by atoms with Crippen LogP contribution in [0.2, 0.25) is 0 Å². The summed E-state index contributed by atoms with van der Waals surface area (Å²) in [5.41, 5.74) is 12.2. The molecule has 0 spiro atoms. The van der Waals surface area contributed by atoms with Gasteiger partial charge in [0, 0.05) is 104 Å². The van der Waals surface area contributed by atoms with Crippen LogP contribution < -0.4 is 11.5 Å². The number of rotatable bonds is 76.